The highest BCUT2D eigenvalue weighted by Gasteiger charge is 2.32. The van der Waals surface area contributed by atoms with Gasteiger partial charge in [0.15, 0.2) is 6.61 Å². The molecule has 22 heavy (non-hydrogen) atoms. The molecule has 2 heterocycles. The summed E-state index contributed by atoms with van der Waals surface area (Å²) in [5.41, 5.74) is 5.37. The fraction of sp³-hybridized carbons (Fsp3) is 0.167. The third-order valence-corrected chi connectivity index (χ3v) is 2.61. The molecule has 1 aliphatic heterocycles. The standard InChI is InChI=1S/C10H9FN2O3.C2H4N4/c1-12-10(15)13(9(14)6-16-12)8-4-2-7(11)3-5-8;3-2-4-1-5-6-2/h2-5H,6H2,1H3;1H,(H3,3,4,5,6). The highest BCUT2D eigenvalue weighted by Crippen LogP contribution is 2.19. The first kappa shape index (κ1) is 15.4. The van der Waals surface area contributed by atoms with Gasteiger partial charge in [0, 0.05) is 7.05 Å². The lowest BCUT2D eigenvalue weighted by Crippen LogP contribution is -2.52. The maximum absolute atomic E-state index is 12.7. The molecule has 0 saturated carbocycles. The number of carbonyl (C=O) groups is 2. The van der Waals surface area contributed by atoms with Gasteiger partial charge in [-0.3, -0.25) is 9.63 Å². The minimum absolute atomic E-state index is 0.209. The first-order valence-electron chi connectivity index (χ1n) is 6.09. The van der Waals surface area contributed by atoms with E-state index >= 15 is 0 Å². The molecule has 3 N–H and O–H groups in total. The average Bonchev–Trinajstić information content (AvgIpc) is 2.97. The molecule has 1 aliphatic rings. The van der Waals surface area contributed by atoms with Crippen LogP contribution in [0.1, 0.15) is 0 Å². The molecule has 0 unspecified atom stereocenters. The number of H-pyrrole nitrogens is 1. The molecule has 1 fully saturated rings. The molecule has 10 heteroatoms. The summed E-state index contributed by atoms with van der Waals surface area (Å²) in [6, 6.07) is 4.51. The van der Waals surface area contributed by atoms with E-state index in [0.29, 0.717) is 11.6 Å². The normalized spacial score (nSPS) is 14.6. The zero-order valence-electron chi connectivity index (χ0n) is 11.6. The fourth-order valence-electron chi connectivity index (χ4n) is 1.58. The van der Waals surface area contributed by atoms with Gasteiger partial charge in [0.1, 0.15) is 12.1 Å². The van der Waals surface area contributed by atoms with Crippen LogP contribution in [0.5, 0.6) is 0 Å². The molecule has 116 valence electrons. The van der Waals surface area contributed by atoms with E-state index in [1.807, 2.05) is 0 Å². The van der Waals surface area contributed by atoms with Gasteiger partial charge in [-0.2, -0.15) is 5.10 Å². The summed E-state index contributed by atoms with van der Waals surface area (Å²) in [6.45, 7) is -0.209. The Bertz CT molecular complexity index is 645. The number of hydrogen-bond acceptors (Lipinski definition) is 6. The molecular weight excluding hydrogens is 295 g/mol. The Hall–Kier alpha value is -3.01. The number of nitrogens with one attached hydrogen (secondary N) is 1. The van der Waals surface area contributed by atoms with Crippen molar-refractivity contribution in [2.75, 3.05) is 24.3 Å². The van der Waals surface area contributed by atoms with Crippen molar-refractivity contribution in [3.05, 3.63) is 36.4 Å². The number of aromatic amines is 1. The van der Waals surface area contributed by atoms with Crippen molar-refractivity contribution in [1.82, 2.24) is 20.2 Å². The van der Waals surface area contributed by atoms with Gasteiger partial charge < -0.3 is 5.73 Å². The molecular formula is C12H13FN6O3. The van der Waals surface area contributed by atoms with Crippen molar-refractivity contribution in [3.63, 3.8) is 0 Å². The van der Waals surface area contributed by atoms with Crippen LogP contribution in [-0.4, -0.2) is 45.8 Å². The molecule has 1 aromatic carbocycles. The van der Waals surface area contributed by atoms with Gasteiger partial charge in [0.2, 0.25) is 5.95 Å². The maximum atomic E-state index is 12.7. The molecule has 0 atom stereocenters. The van der Waals surface area contributed by atoms with Crippen LogP contribution in [0, 0.1) is 5.82 Å². The Labute approximate surface area is 124 Å². The summed E-state index contributed by atoms with van der Waals surface area (Å²) in [5.74, 6) is -0.546. The molecule has 2 aromatic rings. The number of nitrogens with two attached hydrogens (primary N) is 1. The molecule has 3 amide bonds. The quantitative estimate of drug-likeness (QED) is 0.794. The van der Waals surface area contributed by atoms with Gasteiger partial charge in [0.25, 0.3) is 5.91 Å². The number of carbonyl (C=O) groups excluding carboxylic acids is 2. The monoisotopic (exact) mass is 308 g/mol. The molecule has 0 aliphatic carbocycles. The van der Waals surface area contributed by atoms with Crippen molar-refractivity contribution in [1.29, 1.82) is 0 Å². The number of urea groups is 1. The number of amides is 3. The highest BCUT2D eigenvalue weighted by atomic mass is 19.1. The minimum Gasteiger partial charge on any atom is -0.368 e. The van der Waals surface area contributed by atoms with E-state index in [4.69, 9.17) is 10.6 Å². The summed E-state index contributed by atoms with van der Waals surface area (Å²) < 4.78 is 12.7. The van der Waals surface area contributed by atoms with Crippen LogP contribution in [0.25, 0.3) is 0 Å². The van der Waals surface area contributed by atoms with Crippen LogP contribution >= 0.6 is 0 Å². The zero-order chi connectivity index (χ0) is 16.1. The van der Waals surface area contributed by atoms with Crippen LogP contribution in [0.2, 0.25) is 0 Å². The van der Waals surface area contributed by atoms with Crippen molar-refractivity contribution < 1.29 is 18.8 Å². The largest absolute Gasteiger partial charge is 0.368 e. The fourth-order valence-corrected chi connectivity index (χ4v) is 1.58. The Morgan fingerprint density at radius 3 is 2.50 bits per heavy atom. The smallest absolute Gasteiger partial charge is 0.355 e. The van der Waals surface area contributed by atoms with E-state index in [0.717, 1.165) is 9.96 Å². The van der Waals surface area contributed by atoms with E-state index in [1.54, 1.807) is 0 Å². The second kappa shape index (κ2) is 6.63. The molecule has 0 spiro atoms. The van der Waals surface area contributed by atoms with E-state index in [1.165, 1.54) is 37.6 Å². The maximum Gasteiger partial charge on any atom is 0.355 e. The Morgan fingerprint density at radius 2 is 2.00 bits per heavy atom. The third-order valence-electron chi connectivity index (χ3n) is 2.61. The number of imide groups is 1. The summed E-state index contributed by atoms with van der Waals surface area (Å²) >= 11 is 0. The zero-order valence-corrected chi connectivity index (χ0v) is 11.6. The molecule has 9 nitrogen and oxygen atoms in total. The number of rotatable bonds is 1. The lowest BCUT2D eigenvalue weighted by molar-refractivity contribution is -0.148. The Morgan fingerprint density at radius 1 is 1.32 bits per heavy atom. The SMILES string of the molecule is CN1OCC(=O)N(c2ccc(F)cc2)C1=O.Nc1ncn[nH]1. The predicted molar refractivity (Wildman–Crippen MR) is 73.8 cm³/mol. The summed E-state index contributed by atoms with van der Waals surface area (Å²) in [4.78, 5) is 32.4. The van der Waals surface area contributed by atoms with Gasteiger partial charge >= 0.3 is 6.03 Å². The van der Waals surface area contributed by atoms with Gasteiger partial charge in [-0.15, -0.1) is 0 Å². The van der Waals surface area contributed by atoms with Crippen LogP contribution < -0.4 is 10.6 Å². The highest BCUT2D eigenvalue weighted by molar-refractivity contribution is 6.15. The first-order chi connectivity index (χ1) is 10.5. The first-order valence-corrected chi connectivity index (χ1v) is 6.09. The van der Waals surface area contributed by atoms with Crippen molar-refractivity contribution in [2.45, 2.75) is 0 Å². The molecule has 1 saturated heterocycles. The molecule has 0 bridgehead atoms. The molecule has 1 aromatic heterocycles. The van der Waals surface area contributed by atoms with Gasteiger partial charge in [-0.05, 0) is 24.3 Å². The molecule has 0 radical (unpaired) electrons. The third kappa shape index (κ3) is 3.55. The number of benzene rings is 1. The lowest BCUT2D eigenvalue weighted by atomic mass is 10.3. The van der Waals surface area contributed by atoms with Crippen molar-refractivity contribution in [2.24, 2.45) is 0 Å². The number of hydrogen-bond donors (Lipinski definition) is 2. The summed E-state index contributed by atoms with van der Waals surface area (Å²) in [5, 5.41) is 6.84. The van der Waals surface area contributed by atoms with Gasteiger partial charge in [0.05, 0.1) is 5.69 Å². The lowest BCUT2D eigenvalue weighted by Gasteiger charge is -2.30. The van der Waals surface area contributed by atoms with E-state index in [-0.39, 0.29) is 6.61 Å². The Kier molecular flexibility index (Phi) is 4.63. The van der Waals surface area contributed by atoms with Gasteiger partial charge in [-0.1, -0.05) is 0 Å². The number of halogens is 1. The number of aromatic nitrogens is 3. The van der Waals surface area contributed by atoms with Gasteiger partial charge in [-0.25, -0.2) is 29.2 Å². The Balaban J connectivity index is 0.000000246. The van der Waals surface area contributed by atoms with Crippen molar-refractivity contribution in [3.8, 4) is 0 Å². The van der Waals surface area contributed by atoms with E-state index in [9.17, 15) is 14.0 Å². The van der Waals surface area contributed by atoms with Crippen LogP contribution in [0.4, 0.5) is 20.8 Å². The van der Waals surface area contributed by atoms with Crippen molar-refractivity contribution >= 4 is 23.6 Å². The topological polar surface area (TPSA) is 117 Å². The molecule has 3 rings (SSSR count). The number of nitrogen functional groups attached to an aromatic ring is 1. The number of anilines is 2. The van der Waals surface area contributed by atoms with E-state index < -0.39 is 17.8 Å². The minimum atomic E-state index is -0.595. The second-order valence-corrected chi connectivity index (χ2v) is 4.13. The summed E-state index contributed by atoms with van der Waals surface area (Å²) in [6.07, 6.45) is 1.36. The van der Waals surface area contributed by atoms with Crippen LogP contribution in [0.15, 0.2) is 30.6 Å². The second-order valence-electron chi connectivity index (χ2n) is 4.13. The van der Waals surface area contributed by atoms with Crippen LogP contribution in [-0.2, 0) is 9.63 Å². The summed E-state index contributed by atoms with van der Waals surface area (Å²) in [7, 11) is 1.41. The average molecular weight is 308 g/mol. The predicted octanol–water partition coefficient (Wildman–Crippen LogP) is 0.543. The van der Waals surface area contributed by atoms with E-state index in [2.05, 4.69) is 15.2 Å². The number of nitrogens with zero attached hydrogens (tertiary/aromatic N) is 4. The number of hydroxylamine groups is 2. The van der Waals surface area contributed by atoms with Crippen LogP contribution in [0.3, 0.4) is 0 Å².